The van der Waals surface area contributed by atoms with E-state index in [0.717, 1.165) is 0 Å². The summed E-state index contributed by atoms with van der Waals surface area (Å²) in [7, 11) is 0. The van der Waals surface area contributed by atoms with Gasteiger partial charge in [-0.2, -0.15) is 39.5 Å². The van der Waals surface area contributed by atoms with Crippen LogP contribution in [-0.4, -0.2) is 30.1 Å². The molecule has 0 unspecified atom stereocenters. The van der Waals surface area contributed by atoms with Gasteiger partial charge in [-0.05, 0) is 6.42 Å². The third-order valence-corrected chi connectivity index (χ3v) is 1.82. The molecule has 0 aliphatic carbocycles. The molecule has 103 valence electrons. The van der Waals surface area contributed by atoms with Crippen molar-refractivity contribution in [1.29, 1.82) is 0 Å². The molecule has 0 fully saturated rings. The van der Waals surface area contributed by atoms with Gasteiger partial charge < -0.3 is 0 Å². The Bertz CT molecular complexity index is 264. The van der Waals surface area contributed by atoms with Crippen molar-refractivity contribution in [3.8, 4) is 0 Å². The first kappa shape index (κ1) is 16.3. The van der Waals surface area contributed by atoms with Crippen LogP contribution in [0.2, 0.25) is 0 Å². The predicted molar refractivity (Wildman–Crippen MR) is 35.8 cm³/mol. The van der Waals surface area contributed by atoms with Gasteiger partial charge in [-0.25, -0.2) is 4.39 Å². The Kier molecular flexibility index (Phi) is 4.03. The van der Waals surface area contributed by atoms with Gasteiger partial charge in [-0.15, -0.1) is 0 Å². The highest BCUT2D eigenvalue weighted by Gasteiger charge is 2.83. The van der Waals surface area contributed by atoms with E-state index in [1.54, 1.807) is 0 Å². The maximum Gasteiger partial charge on any atom is 0.460 e. The Morgan fingerprint density at radius 2 is 1.12 bits per heavy atom. The molecule has 1 radical (unpaired) electrons. The van der Waals surface area contributed by atoms with Crippen molar-refractivity contribution in [1.82, 2.24) is 0 Å². The standard InChI is InChI=1S/C7H5F10/c1-2-3(8)4(9,10)5(11,12)6(13,14)7(15,16)17/h3H,1-2H2/t3-/m0/s1. The predicted octanol–water partition coefficient (Wildman–Crippen LogP) is 4.02. The Hall–Kier alpha value is -0.700. The molecule has 0 aliphatic rings. The van der Waals surface area contributed by atoms with Crippen LogP contribution in [0.1, 0.15) is 6.42 Å². The summed E-state index contributed by atoms with van der Waals surface area (Å²) < 4.78 is 121. The van der Waals surface area contributed by atoms with Crippen molar-refractivity contribution >= 4 is 0 Å². The van der Waals surface area contributed by atoms with Crippen LogP contribution >= 0.6 is 0 Å². The lowest BCUT2D eigenvalue weighted by molar-refractivity contribution is -0.402. The lowest BCUT2D eigenvalue weighted by Crippen LogP contribution is -2.63. The first-order chi connectivity index (χ1) is 7.23. The Balaban J connectivity index is 5.55. The molecule has 0 saturated carbocycles. The van der Waals surface area contributed by atoms with Crippen LogP contribution < -0.4 is 0 Å². The van der Waals surface area contributed by atoms with Crippen LogP contribution in [0.4, 0.5) is 43.9 Å². The lowest BCUT2D eigenvalue weighted by atomic mass is 9.98. The van der Waals surface area contributed by atoms with E-state index in [-0.39, 0.29) is 0 Å². The van der Waals surface area contributed by atoms with Crippen LogP contribution in [0.3, 0.4) is 0 Å². The largest absolute Gasteiger partial charge is 0.460 e. The molecule has 0 aliphatic heterocycles. The highest BCUT2D eigenvalue weighted by Crippen LogP contribution is 2.54. The molecule has 17 heavy (non-hydrogen) atoms. The van der Waals surface area contributed by atoms with E-state index in [1.165, 1.54) is 0 Å². The van der Waals surface area contributed by atoms with Gasteiger partial charge in [0.15, 0.2) is 6.17 Å². The van der Waals surface area contributed by atoms with Gasteiger partial charge in [0.05, 0.1) is 0 Å². The van der Waals surface area contributed by atoms with Gasteiger partial charge in [0, 0.05) is 0 Å². The topological polar surface area (TPSA) is 0 Å². The Morgan fingerprint density at radius 1 is 0.765 bits per heavy atom. The molecule has 0 nitrogen and oxygen atoms in total. The zero-order chi connectivity index (χ0) is 14.3. The van der Waals surface area contributed by atoms with E-state index in [4.69, 9.17) is 0 Å². The highest BCUT2D eigenvalue weighted by atomic mass is 19.4. The van der Waals surface area contributed by atoms with Crippen molar-refractivity contribution in [3.05, 3.63) is 6.92 Å². The van der Waals surface area contributed by atoms with Gasteiger partial charge in [0.2, 0.25) is 0 Å². The number of hydrogen-bond donors (Lipinski definition) is 0. The van der Waals surface area contributed by atoms with Gasteiger partial charge in [-0.1, -0.05) is 6.92 Å². The molecule has 0 amide bonds. The molecule has 0 aromatic rings. The first-order valence-corrected chi connectivity index (χ1v) is 3.87. The average Bonchev–Trinajstić information content (AvgIpc) is 2.13. The van der Waals surface area contributed by atoms with Crippen molar-refractivity contribution < 1.29 is 43.9 Å². The van der Waals surface area contributed by atoms with E-state index >= 15 is 0 Å². The summed E-state index contributed by atoms with van der Waals surface area (Å²) in [5, 5.41) is 0. The highest BCUT2D eigenvalue weighted by molar-refractivity contribution is 5.03. The van der Waals surface area contributed by atoms with E-state index in [2.05, 4.69) is 6.92 Å². The second-order valence-corrected chi connectivity index (χ2v) is 3.03. The number of rotatable bonds is 4. The smallest absolute Gasteiger partial charge is 0.241 e. The first-order valence-electron chi connectivity index (χ1n) is 3.87. The zero-order valence-electron chi connectivity index (χ0n) is 7.77. The van der Waals surface area contributed by atoms with Gasteiger partial charge >= 0.3 is 23.9 Å². The zero-order valence-corrected chi connectivity index (χ0v) is 7.77. The van der Waals surface area contributed by atoms with Crippen molar-refractivity contribution in [2.45, 2.75) is 36.5 Å². The Labute approximate surface area is 88.6 Å². The molecule has 0 spiro atoms. The quantitative estimate of drug-likeness (QED) is 0.682. The summed E-state index contributed by atoms with van der Waals surface area (Å²) in [6.07, 6.45) is -12.4. The third-order valence-electron chi connectivity index (χ3n) is 1.82. The van der Waals surface area contributed by atoms with Crippen LogP contribution in [0.5, 0.6) is 0 Å². The summed E-state index contributed by atoms with van der Waals surface area (Å²) in [5.41, 5.74) is 0. The van der Waals surface area contributed by atoms with Crippen molar-refractivity contribution in [2.75, 3.05) is 0 Å². The maximum atomic E-state index is 12.5. The molecule has 0 heterocycles. The minimum atomic E-state index is -7.05. The molecular formula is C7H5F10. The summed E-state index contributed by atoms with van der Waals surface area (Å²) >= 11 is 0. The molecule has 0 N–H and O–H groups in total. The summed E-state index contributed by atoms with van der Waals surface area (Å²) in [6, 6.07) is 0. The second kappa shape index (κ2) is 4.20. The van der Waals surface area contributed by atoms with E-state index in [0.29, 0.717) is 0 Å². The number of hydrogen-bond acceptors (Lipinski definition) is 0. The average molecular weight is 279 g/mol. The van der Waals surface area contributed by atoms with Crippen LogP contribution in [0, 0.1) is 6.92 Å². The van der Waals surface area contributed by atoms with Crippen molar-refractivity contribution in [3.63, 3.8) is 0 Å². The van der Waals surface area contributed by atoms with Gasteiger partial charge in [-0.3, -0.25) is 0 Å². The molecule has 0 saturated heterocycles. The molecule has 10 heteroatoms. The number of alkyl halides is 10. The van der Waals surface area contributed by atoms with E-state index < -0.39 is 36.5 Å². The number of halogens is 10. The minimum Gasteiger partial charge on any atom is -0.241 e. The van der Waals surface area contributed by atoms with Crippen LogP contribution in [0.15, 0.2) is 0 Å². The maximum absolute atomic E-state index is 12.5. The van der Waals surface area contributed by atoms with Gasteiger partial charge in [0.25, 0.3) is 0 Å². The lowest BCUT2D eigenvalue weighted by Gasteiger charge is -2.34. The summed E-state index contributed by atoms with van der Waals surface area (Å²) in [5.74, 6) is -20.1. The molecule has 1 atom stereocenters. The molecule has 0 rings (SSSR count). The van der Waals surface area contributed by atoms with Crippen LogP contribution in [-0.2, 0) is 0 Å². The minimum absolute atomic E-state index is 1.59. The third kappa shape index (κ3) is 2.30. The molecule has 0 aromatic carbocycles. The molecular weight excluding hydrogens is 274 g/mol. The van der Waals surface area contributed by atoms with E-state index in [9.17, 15) is 43.9 Å². The second-order valence-electron chi connectivity index (χ2n) is 3.03. The summed E-state index contributed by atoms with van der Waals surface area (Å²) in [6.45, 7) is 2.40. The van der Waals surface area contributed by atoms with Gasteiger partial charge in [0.1, 0.15) is 0 Å². The Morgan fingerprint density at radius 3 is 1.35 bits per heavy atom. The fourth-order valence-corrected chi connectivity index (χ4v) is 0.765. The fourth-order valence-electron chi connectivity index (χ4n) is 0.765. The van der Waals surface area contributed by atoms with E-state index in [1.807, 2.05) is 0 Å². The molecule has 0 bridgehead atoms. The monoisotopic (exact) mass is 279 g/mol. The SMILES string of the molecule is [CH2]C[C@H](F)C(F)(F)C(F)(F)C(F)(F)C(F)(F)F. The van der Waals surface area contributed by atoms with Crippen molar-refractivity contribution in [2.24, 2.45) is 0 Å². The van der Waals surface area contributed by atoms with Crippen LogP contribution in [0.25, 0.3) is 0 Å². The normalized spacial score (nSPS) is 17.1. The molecule has 0 aromatic heterocycles. The fraction of sp³-hybridized carbons (Fsp3) is 0.857. The summed E-state index contributed by atoms with van der Waals surface area (Å²) in [4.78, 5) is 0.